The number of aromatic nitrogens is 4. The Kier molecular flexibility index (Phi) is 4.16. The maximum Gasteiger partial charge on any atom is 0.264 e. The van der Waals surface area contributed by atoms with Crippen molar-refractivity contribution in [2.45, 2.75) is 18.9 Å². The minimum atomic E-state index is -0.648. The van der Waals surface area contributed by atoms with E-state index in [9.17, 15) is 13.6 Å². The van der Waals surface area contributed by atoms with Crippen LogP contribution in [0.1, 0.15) is 18.9 Å². The number of nitrogens with one attached hydrogen (secondary N) is 1. The van der Waals surface area contributed by atoms with Crippen LogP contribution in [0.15, 0.2) is 41.6 Å². The van der Waals surface area contributed by atoms with Crippen LogP contribution >= 0.6 is 0 Å². The molecule has 3 heterocycles. The van der Waals surface area contributed by atoms with Crippen LogP contribution in [0.3, 0.4) is 0 Å². The Bertz CT molecular complexity index is 1300. The number of benzene rings is 2. The van der Waals surface area contributed by atoms with Crippen LogP contribution in [0.4, 0.5) is 8.78 Å². The fourth-order valence-corrected chi connectivity index (χ4v) is 4.10. The highest BCUT2D eigenvalue weighted by atomic mass is 19.1. The largest absolute Gasteiger partial charge is 0.317 e. The molecule has 1 saturated heterocycles. The topological polar surface area (TPSA) is 64.7 Å². The Labute approximate surface area is 164 Å². The smallest absolute Gasteiger partial charge is 0.264 e. The molecule has 1 aliphatic rings. The molecule has 1 aliphatic heterocycles. The van der Waals surface area contributed by atoms with E-state index < -0.39 is 11.6 Å². The molecule has 6 nitrogen and oxygen atoms in total. The molecule has 2 aromatic carbocycles. The Balaban J connectivity index is 1.64. The van der Waals surface area contributed by atoms with Gasteiger partial charge in [0.25, 0.3) is 5.56 Å². The molecule has 1 fully saturated rings. The summed E-state index contributed by atoms with van der Waals surface area (Å²) in [5.74, 6) is -1.13. The quantitative estimate of drug-likeness (QED) is 0.566. The second-order valence-electron chi connectivity index (χ2n) is 7.49. The molecule has 148 valence electrons. The van der Waals surface area contributed by atoms with E-state index in [1.807, 2.05) is 0 Å². The first kappa shape index (κ1) is 17.9. The van der Waals surface area contributed by atoms with Gasteiger partial charge in [-0.2, -0.15) is 5.10 Å². The van der Waals surface area contributed by atoms with Gasteiger partial charge in [-0.1, -0.05) is 0 Å². The average Bonchev–Trinajstić information content (AvgIpc) is 3.09. The highest BCUT2D eigenvalue weighted by Gasteiger charge is 2.20. The van der Waals surface area contributed by atoms with E-state index in [1.165, 1.54) is 27.7 Å². The van der Waals surface area contributed by atoms with Crippen molar-refractivity contribution in [3.8, 4) is 11.1 Å². The third kappa shape index (κ3) is 3.00. The van der Waals surface area contributed by atoms with Crippen molar-refractivity contribution in [2.24, 2.45) is 7.05 Å². The number of fused-ring (bicyclic) bond motifs is 2. The monoisotopic (exact) mass is 395 g/mol. The Hall–Kier alpha value is -3.13. The predicted octanol–water partition coefficient (Wildman–Crippen LogP) is 3.15. The summed E-state index contributed by atoms with van der Waals surface area (Å²) < 4.78 is 32.5. The molecule has 1 N–H and O–H groups in total. The molecule has 0 aliphatic carbocycles. The van der Waals surface area contributed by atoms with Gasteiger partial charge in [-0.15, -0.1) is 0 Å². The summed E-state index contributed by atoms with van der Waals surface area (Å²) in [7, 11) is 1.71. The Morgan fingerprint density at radius 2 is 1.79 bits per heavy atom. The molecular weight excluding hydrogens is 376 g/mol. The summed E-state index contributed by atoms with van der Waals surface area (Å²) in [6, 6.07) is 5.99. The number of rotatable bonds is 2. The van der Waals surface area contributed by atoms with Crippen LogP contribution in [-0.4, -0.2) is 32.4 Å². The molecule has 0 bridgehead atoms. The molecule has 8 heteroatoms. The van der Waals surface area contributed by atoms with E-state index in [1.54, 1.807) is 25.4 Å². The zero-order valence-corrected chi connectivity index (χ0v) is 15.8. The molecule has 4 aromatic rings. The maximum atomic E-state index is 15.0. The first-order valence-electron chi connectivity index (χ1n) is 9.55. The van der Waals surface area contributed by atoms with Gasteiger partial charge in [0.05, 0.1) is 11.8 Å². The van der Waals surface area contributed by atoms with Crippen molar-refractivity contribution in [3.63, 3.8) is 0 Å². The third-order valence-corrected chi connectivity index (χ3v) is 5.55. The highest BCUT2D eigenvalue weighted by molar-refractivity contribution is 5.88. The highest BCUT2D eigenvalue weighted by Crippen LogP contribution is 2.29. The van der Waals surface area contributed by atoms with Crippen molar-refractivity contribution in [3.05, 3.63) is 58.8 Å². The molecule has 0 spiro atoms. The summed E-state index contributed by atoms with van der Waals surface area (Å²) in [5, 5.41) is 7.93. The fraction of sp³-hybridized carbons (Fsp3) is 0.286. The molecule has 0 amide bonds. The van der Waals surface area contributed by atoms with Crippen molar-refractivity contribution in [1.29, 1.82) is 0 Å². The minimum Gasteiger partial charge on any atom is -0.317 e. The second kappa shape index (κ2) is 6.73. The van der Waals surface area contributed by atoms with Crippen LogP contribution in [0, 0.1) is 11.6 Å². The van der Waals surface area contributed by atoms with Crippen LogP contribution in [0.5, 0.6) is 0 Å². The van der Waals surface area contributed by atoms with Crippen molar-refractivity contribution in [2.75, 3.05) is 13.1 Å². The lowest BCUT2D eigenvalue weighted by Crippen LogP contribution is -2.34. The molecule has 29 heavy (non-hydrogen) atoms. The zero-order chi connectivity index (χ0) is 20.1. The number of nitrogens with zero attached hydrogens (tertiary/aromatic N) is 4. The van der Waals surface area contributed by atoms with Crippen molar-refractivity contribution in [1.82, 2.24) is 24.6 Å². The van der Waals surface area contributed by atoms with Gasteiger partial charge in [-0.3, -0.25) is 14.0 Å². The summed E-state index contributed by atoms with van der Waals surface area (Å²) >= 11 is 0. The molecule has 5 rings (SSSR count). The fourth-order valence-electron chi connectivity index (χ4n) is 4.10. The molecule has 0 radical (unpaired) electrons. The normalized spacial score (nSPS) is 15.4. The lowest BCUT2D eigenvalue weighted by Gasteiger charge is -2.24. The number of hydrogen-bond donors (Lipinski definition) is 1. The van der Waals surface area contributed by atoms with E-state index in [0.29, 0.717) is 16.5 Å². The van der Waals surface area contributed by atoms with Gasteiger partial charge in [0.2, 0.25) is 0 Å². The Morgan fingerprint density at radius 3 is 2.59 bits per heavy atom. The molecule has 0 atom stereocenters. The van der Waals surface area contributed by atoms with E-state index in [4.69, 9.17) is 0 Å². The zero-order valence-electron chi connectivity index (χ0n) is 15.8. The second-order valence-corrected chi connectivity index (χ2v) is 7.49. The van der Waals surface area contributed by atoms with Gasteiger partial charge in [0, 0.05) is 24.7 Å². The molecule has 0 saturated carbocycles. The van der Waals surface area contributed by atoms with Gasteiger partial charge in [-0.05, 0) is 61.3 Å². The number of piperidine rings is 1. The van der Waals surface area contributed by atoms with Gasteiger partial charge < -0.3 is 5.32 Å². The average molecular weight is 395 g/mol. The van der Waals surface area contributed by atoms with Crippen LogP contribution in [0.25, 0.3) is 32.9 Å². The van der Waals surface area contributed by atoms with E-state index in [0.717, 1.165) is 25.9 Å². The lowest BCUT2D eigenvalue weighted by atomic mass is 10.0. The van der Waals surface area contributed by atoms with E-state index in [-0.39, 0.29) is 28.0 Å². The van der Waals surface area contributed by atoms with E-state index >= 15 is 0 Å². The third-order valence-electron chi connectivity index (χ3n) is 5.55. The summed E-state index contributed by atoms with van der Waals surface area (Å²) in [6.07, 6.45) is 4.80. The SMILES string of the molecule is Cn1cc2cc(-c3cc(F)c4c(=O)n(C5CCNCC5)cnc4c3)cc(F)c2n1. The summed E-state index contributed by atoms with van der Waals surface area (Å²) in [6.45, 7) is 1.64. The van der Waals surface area contributed by atoms with Crippen LogP contribution < -0.4 is 10.9 Å². The number of halogens is 2. The standard InChI is InChI=1S/C21H19F2N5O/c1-27-10-14-6-12(8-17(23)20(14)26-27)13-7-16(22)19-18(9-13)25-11-28(21(19)29)15-2-4-24-5-3-15/h6-11,15,24H,2-5H2,1H3. The first-order valence-corrected chi connectivity index (χ1v) is 9.55. The summed E-state index contributed by atoms with van der Waals surface area (Å²) in [4.78, 5) is 17.3. The molecule has 0 unspecified atom stereocenters. The molecule has 2 aromatic heterocycles. The van der Waals surface area contributed by atoms with Gasteiger partial charge in [-0.25, -0.2) is 13.8 Å². The van der Waals surface area contributed by atoms with Gasteiger partial charge >= 0.3 is 0 Å². The first-order chi connectivity index (χ1) is 14.0. The van der Waals surface area contributed by atoms with Crippen LogP contribution in [-0.2, 0) is 7.05 Å². The summed E-state index contributed by atoms with van der Waals surface area (Å²) in [5.41, 5.74) is 1.13. The van der Waals surface area contributed by atoms with E-state index in [2.05, 4.69) is 15.4 Å². The maximum absolute atomic E-state index is 15.0. The molecular formula is C21H19F2N5O. The number of hydrogen-bond acceptors (Lipinski definition) is 4. The lowest BCUT2D eigenvalue weighted by molar-refractivity contribution is 0.359. The Morgan fingerprint density at radius 1 is 1.07 bits per heavy atom. The predicted molar refractivity (Wildman–Crippen MR) is 107 cm³/mol. The van der Waals surface area contributed by atoms with Crippen molar-refractivity contribution >= 4 is 21.8 Å². The van der Waals surface area contributed by atoms with Crippen LogP contribution in [0.2, 0.25) is 0 Å². The minimum absolute atomic E-state index is 0.0156. The van der Waals surface area contributed by atoms with Gasteiger partial charge in [0.15, 0.2) is 5.82 Å². The number of aryl methyl sites for hydroxylation is 1. The van der Waals surface area contributed by atoms with Gasteiger partial charge in [0.1, 0.15) is 16.7 Å². The van der Waals surface area contributed by atoms with Crippen molar-refractivity contribution < 1.29 is 8.78 Å².